The van der Waals surface area contributed by atoms with E-state index in [1.165, 1.54) is 0 Å². The van der Waals surface area contributed by atoms with Crippen LogP contribution < -0.4 is 11.3 Å². The fourth-order valence-electron chi connectivity index (χ4n) is 1.58. The van der Waals surface area contributed by atoms with Gasteiger partial charge in [-0.05, 0) is 6.92 Å². The van der Waals surface area contributed by atoms with E-state index >= 15 is 0 Å². The maximum Gasteiger partial charge on any atom is 0.159 e. The van der Waals surface area contributed by atoms with Gasteiger partial charge in [0.05, 0.1) is 5.69 Å². The van der Waals surface area contributed by atoms with Crippen LogP contribution in [0, 0.1) is 0 Å². The summed E-state index contributed by atoms with van der Waals surface area (Å²) in [5.41, 5.74) is 4.38. The van der Waals surface area contributed by atoms with Gasteiger partial charge in [-0.2, -0.15) is 0 Å². The molecule has 3 N–H and O–H groups in total. The molecule has 0 amide bonds. The smallest absolute Gasteiger partial charge is 0.159 e. The Bertz CT molecular complexity index is 516. The molecular formula is C13H16N4O. The molecule has 1 aromatic heterocycles. The Labute approximate surface area is 106 Å². The summed E-state index contributed by atoms with van der Waals surface area (Å²) in [6.07, 6.45) is -0.180. The fraction of sp³-hybridized carbons (Fsp3) is 0.231. The molecule has 0 bridgehead atoms. The predicted octanol–water partition coefficient (Wildman–Crippen LogP) is 2.14. The van der Waals surface area contributed by atoms with Gasteiger partial charge in [0.2, 0.25) is 0 Å². The molecule has 2 aromatic rings. The highest BCUT2D eigenvalue weighted by Crippen LogP contribution is 2.22. The molecular weight excluding hydrogens is 228 g/mol. The highest BCUT2D eigenvalue weighted by molar-refractivity contribution is 5.62. The number of nitrogens with one attached hydrogen (secondary N) is 1. The first-order valence-corrected chi connectivity index (χ1v) is 5.68. The Morgan fingerprint density at radius 1 is 1.22 bits per heavy atom. The minimum Gasteiger partial charge on any atom is -0.374 e. The average Bonchev–Trinajstić information content (AvgIpc) is 2.46. The largest absolute Gasteiger partial charge is 0.374 e. The lowest BCUT2D eigenvalue weighted by Crippen LogP contribution is -2.12. The zero-order valence-electron chi connectivity index (χ0n) is 10.4. The number of anilines is 1. The number of rotatable bonds is 4. The van der Waals surface area contributed by atoms with Crippen molar-refractivity contribution in [3.63, 3.8) is 0 Å². The average molecular weight is 244 g/mol. The van der Waals surface area contributed by atoms with Crippen LogP contribution in [0.4, 0.5) is 5.82 Å². The molecule has 18 heavy (non-hydrogen) atoms. The molecule has 0 fully saturated rings. The van der Waals surface area contributed by atoms with Crippen molar-refractivity contribution in [3.8, 4) is 11.3 Å². The minimum absolute atomic E-state index is 0.180. The maximum absolute atomic E-state index is 5.43. The molecule has 0 saturated heterocycles. The van der Waals surface area contributed by atoms with Gasteiger partial charge in [0.15, 0.2) is 5.82 Å². The third kappa shape index (κ3) is 2.64. The SMILES string of the molecule is COC(C)c1nc(NN)cc(-c2ccccc2)n1. The third-order valence-corrected chi connectivity index (χ3v) is 2.68. The molecule has 94 valence electrons. The van der Waals surface area contributed by atoms with E-state index in [1.54, 1.807) is 13.2 Å². The summed E-state index contributed by atoms with van der Waals surface area (Å²) in [5, 5.41) is 0. The van der Waals surface area contributed by atoms with Crippen molar-refractivity contribution >= 4 is 5.82 Å². The van der Waals surface area contributed by atoms with Gasteiger partial charge < -0.3 is 10.2 Å². The molecule has 1 aromatic carbocycles. The summed E-state index contributed by atoms with van der Waals surface area (Å²) in [6.45, 7) is 1.89. The van der Waals surface area contributed by atoms with Crippen LogP contribution in [0.25, 0.3) is 11.3 Å². The van der Waals surface area contributed by atoms with Gasteiger partial charge in [-0.15, -0.1) is 0 Å². The van der Waals surface area contributed by atoms with Gasteiger partial charge in [-0.25, -0.2) is 15.8 Å². The summed E-state index contributed by atoms with van der Waals surface area (Å²) >= 11 is 0. The molecule has 0 aliphatic carbocycles. The second-order valence-corrected chi connectivity index (χ2v) is 3.88. The first kappa shape index (κ1) is 12.5. The lowest BCUT2D eigenvalue weighted by atomic mass is 10.1. The molecule has 0 spiro atoms. The van der Waals surface area contributed by atoms with Crippen molar-refractivity contribution < 1.29 is 4.74 Å². The zero-order chi connectivity index (χ0) is 13.0. The van der Waals surface area contributed by atoms with Gasteiger partial charge >= 0.3 is 0 Å². The lowest BCUT2D eigenvalue weighted by Gasteiger charge is -2.11. The van der Waals surface area contributed by atoms with Crippen LogP contribution >= 0.6 is 0 Å². The Balaban J connectivity index is 2.48. The highest BCUT2D eigenvalue weighted by atomic mass is 16.5. The molecule has 0 aliphatic rings. The van der Waals surface area contributed by atoms with Crippen molar-refractivity contribution in [1.29, 1.82) is 0 Å². The molecule has 5 heteroatoms. The van der Waals surface area contributed by atoms with Crippen molar-refractivity contribution in [1.82, 2.24) is 9.97 Å². The fourth-order valence-corrected chi connectivity index (χ4v) is 1.58. The van der Waals surface area contributed by atoms with E-state index in [9.17, 15) is 0 Å². The lowest BCUT2D eigenvalue weighted by molar-refractivity contribution is 0.112. The first-order chi connectivity index (χ1) is 8.74. The number of nitrogen functional groups attached to an aromatic ring is 1. The molecule has 1 heterocycles. The van der Waals surface area contributed by atoms with E-state index in [1.807, 2.05) is 37.3 Å². The summed E-state index contributed by atoms with van der Waals surface area (Å²) in [5.74, 6) is 6.60. The topological polar surface area (TPSA) is 73.1 Å². The second-order valence-electron chi connectivity index (χ2n) is 3.88. The van der Waals surface area contributed by atoms with Gasteiger partial charge in [0, 0.05) is 18.7 Å². The molecule has 1 atom stereocenters. The number of aromatic nitrogens is 2. The Morgan fingerprint density at radius 2 is 1.94 bits per heavy atom. The van der Waals surface area contributed by atoms with E-state index in [0.717, 1.165) is 11.3 Å². The Morgan fingerprint density at radius 3 is 2.56 bits per heavy atom. The Kier molecular flexibility index (Phi) is 3.86. The quantitative estimate of drug-likeness (QED) is 0.636. The number of methoxy groups -OCH3 is 1. The summed E-state index contributed by atoms with van der Waals surface area (Å²) in [6, 6.07) is 11.7. The van der Waals surface area contributed by atoms with Crippen molar-refractivity contribution in [2.24, 2.45) is 5.84 Å². The molecule has 0 radical (unpaired) electrons. The van der Waals surface area contributed by atoms with E-state index in [2.05, 4.69) is 15.4 Å². The summed E-state index contributed by atoms with van der Waals surface area (Å²) in [4.78, 5) is 8.77. The van der Waals surface area contributed by atoms with Crippen LogP contribution in [0.1, 0.15) is 18.9 Å². The maximum atomic E-state index is 5.43. The minimum atomic E-state index is -0.180. The first-order valence-electron chi connectivity index (χ1n) is 5.68. The normalized spacial score (nSPS) is 12.2. The van der Waals surface area contributed by atoms with Gasteiger partial charge in [0.1, 0.15) is 11.9 Å². The number of nitrogens with zero attached hydrogens (tertiary/aromatic N) is 2. The monoisotopic (exact) mass is 244 g/mol. The van der Waals surface area contributed by atoms with Gasteiger partial charge in [0.25, 0.3) is 0 Å². The number of hydrogen-bond donors (Lipinski definition) is 2. The molecule has 2 rings (SSSR count). The van der Waals surface area contributed by atoms with Crippen LogP contribution in [0.15, 0.2) is 36.4 Å². The van der Waals surface area contributed by atoms with Crippen LogP contribution in [0.5, 0.6) is 0 Å². The number of nitrogens with two attached hydrogens (primary N) is 1. The zero-order valence-corrected chi connectivity index (χ0v) is 10.4. The standard InChI is InChI=1S/C13H16N4O/c1-9(18-2)13-15-11(8-12(16-13)17-14)10-6-4-3-5-7-10/h3-9H,14H2,1-2H3,(H,15,16,17). The number of ether oxygens (including phenoxy) is 1. The van der Waals surface area contributed by atoms with Crippen LogP contribution in [-0.2, 0) is 4.74 Å². The number of hydrazine groups is 1. The van der Waals surface area contributed by atoms with E-state index in [0.29, 0.717) is 11.6 Å². The van der Waals surface area contributed by atoms with Crippen LogP contribution in [0.3, 0.4) is 0 Å². The van der Waals surface area contributed by atoms with Crippen molar-refractivity contribution in [2.75, 3.05) is 12.5 Å². The van der Waals surface area contributed by atoms with Gasteiger partial charge in [-0.3, -0.25) is 0 Å². The highest BCUT2D eigenvalue weighted by Gasteiger charge is 2.11. The third-order valence-electron chi connectivity index (χ3n) is 2.68. The van der Waals surface area contributed by atoms with Crippen molar-refractivity contribution in [2.45, 2.75) is 13.0 Å². The van der Waals surface area contributed by atoms with Crippen LogP contribution in [-0.4, -0.2) is 17.1 Å². The molecule has 0 saturated carbocycles. The summed E-state index contributed by atoms with van der Waals surface area (Å²) < 4.78 is 5.23. The Hall–Kier alpha value is -1.98. The predicted molar refractivity (Wildman–Crippen MR) is 70.7 cm³/mol. The molecule has 1 unspecified atom stereocenters. The van der Waals surface area contributed by atoms with Gasteiger partial charge in [-0.1, -0.05) is 30.3 Å². The summed E-state index contributed by atoms with van der Waals surface area (Å²) in [7, 11) is 1.62. The molecule has 0 aliphatic heterocycles. The number of hydrogen-bond acceptors (Lipinski definition) is 5. The van der Waals surface area contributed by atoms with E-state index < -0.39 is 0 Å². The van der Waals surface area contributed by atoms with Crippen molar-refractivity contribution in [3.05, 3.63) is 42.2 Å². The van der Waals surface area contributed by atoms with E-state index in [-0.39, 0.29) is 6.10 Å². The second kappa shape index (κ2) is 5.57. The molecule has 5 nitrogen and oxygen atoms in total. The number of benzene rings is 1. The van der Waals surface area contributed by atoms with Crippen LogP contribution in [0.2, 0.25) is 0 Å². The van der Waals surface area contributed by atoms with E-state index in [4.69, 9.17) is 10.6 Å².